The first-order valence-corrected chi connectivity index (χ1v) is 14.7. The van der Waals surface area contributed by atoms with Gasteiger partial charge in [-0.3, -0.25) is 13.9 Å². The fourth-order valence-corrected chi connectivity index (χ4v) is 5.06. The Morgan fingerprint density at radius 2 is 1.50 bits per heavy atom. The van der Waals surface area contributed by atoms with Crippen LogP contribution in [0.15, 0.2) is 84.9 Å². The van der Waals surface area contributed by atoms with E-state index in [0.717, 1.165) is 33.7 Å². The zero-order chi connectivity index (χ0) is 27.7. The summed E-state index contributed by atoms with van der Waals surface area (Å²) >= 11 is 0. The van der Waals surface area contributed by atoms with Crippen molar-refractivity contribution in [2.75, 3.05) is 17.1 Å². The van der Waals surface area contributed by atoms with E-state index in [1.807, 2.05) is 75.4 Å². The molecule has 0 fully saturated rings. The first kappa shape index (κ1) is 28.9. The van der Waals surface area contributed by atoms with E-state index in [1.165, 1.54) is 4.90 Å². The van der Waals surface area contributed by atoms with Gasteiger partial charge in [0.1, 0.15) is 12.6 Å². The van der Waals surface area contributed by atoms with Crippen LogP contribution in [0.1, 0.15) is 37.0 Å². The largest absolute Gasteiger partial charge is 0.352 e. The van der Waals surface area contributed by atoms with Gasteiger partial charge in [0.2, 0.25) is 21.8 Å². The van der Waals surface area contributed by atoms with Crippen LogP contribution in [0.25, 0.3) is 0 Å². The Labute approximate surface area is 226 Å². The maximum atomic E-state index is 14.0. The molecule has 7 nitrogen and oxygen atoms in total. The molecule has 0 aromatic heterocycles. The number of aryl methyl sites for hydroxylation is 1. The Hall–Kier alpha value is -3.65. The summed E-state index contributed by atoms with van der Waals surface area (Å²) in [5, 5.41) is 3.03. The number of nitrogens with one attached hydrogen (secondary N) is 1. The van der Waals surface area contributed by atoms with Crippen molar-refractivity contribution in [2.24, 2.45) is 0 Å². The van der Waals surface area contributed by atoms with Gasteiger partial charge in [0.15, 0.2) is 0 Å². The first-order chi connectivity index (χ1) is 18.1. The third-order valence-corrected chi connectivity index (χ3v) is 7.57. The highest BCUT2D eigenvalue weighted by molar-refractivity contribution is 7.92. The van der Waals surface area contributed by atoms with Crippen molar-refractivity contribution in [1.29, 1.82) is 0 Å². The predicted molar refractivity (Wildman–Crippen MR) is 152 cm³/mol. The number of amides is 2. The maximum Gasteiger partial charge on any atom is 0.244 e. The van der Waals surface area contributed by atoms with Crippen LogP contribution in [-0.2, 0) is 32.6 Å². The first-order valence-electron chi connectivity index (χ1n) is 12.8. The summed E-state index contributed by atoms with van der Waals surface area (Å²) in [6, 6.07) is 24.9. The van der Waals surface area contributed by atoms with Gasteiger partial charge in [0.25, 0.3) is 0 Å². The SMILES string of the molecule is CC[C@H](C)NC(=O)[C@@H](Cc1ccccc1)N(Cc1cccc(C)c1)C(=O)CN(c1ccccc1)S(C)(=O)=O. The Balaban J connectivity index is 2.04. The van der Waals surface area contributed by atoms with Gasteiger partial charge in [0, 0.05) is 19.0 Å². The average Bonchev–Trinajstić information content (AvgIpc) is 2.89. The fraction of sp³-hybridized carbons (Fsp3) is 0.333. The van der Waals surface area contributed by atoms with Gasteiger partial charge < -0.3 is 10.2 Å². The second kappa shape index (κ2) is 13.2. The summed E-state index contributed by atoms with van der Waals surface area (Å²) in [5.41, 5.74) is 3.18. The molecule has 0 aliphatic heterocycles. The van der Waals surface area contributed by atoms with E-state index < -0.39 is 28.5 Å². The summed E-state index contributed by atoms with van der Waals surface area (Å²) in [6.45, 7) is 5.62. The average molecular weight is 536 g/mol. The molecule has 0 spiro atoms. The minimum Gasteiger partial charge on any atom is -0.352 e. The lowest BCUT2D eigenvalue weighted by Crippen LogP contribution is -2.54. The molecule has 2 amide bonds. The number of hydrogen-bond acceptors (Lipinski definition) is 4. The summed E-state index contributed by atoms with van der Waals surface area (Å²) in [5.74, 6) is -0.726. The van der Waals surface area contributed by atoms with E-state index in [0.29, 0.717) is 12.1 Å². The summed E-state index contributed by atoms with van der Waals surface area (Å²) in [7, 11) is -3.77. The van der Waals surface area contributed by atoms with E-state index in [1.54, 1.807) is 30.3 Å². The molecule has 202 valence electrons. The molecule has 8 heteroatoms. The molecule has 38 heavy (non-hydrogen) atoms. The van der Waals surface area contributed by atoms with E-state index in [-0.39, 0.29) is 18.5 Å². The minimum absolute atomic E-state index is 0.0754. The van der Waals surface area contributed by atoms with Crippen LogP contribution in [0.5, 0.6) is 0 Å². The number of sulfonamides is 1. The zero-order valence-corrected chi connectivity index (χ0v) is 23.3. The summed E-state index contributed by atoms with van der Waals surface area (Å²) in [4.78, 5) is 29.1. The number of carbonyl (C=O) groups excluding carboxylic acids is 2. The molecule has 3 aromatic carbocycles. The second-order valence-electron chi connectivity index (χ2n) is 9.64. The molecule has 0 heterocycles. The van der Waals surface area contributed by atoms with E-state index in [4.69, 9.17) is 0 Å². The second-order valence-corrected chi connectivity index (χ2v) is 11.5. The lowest BCUT2D eigenvalue weighted by Gasteiger charge is -2.34. The maximum absolute atomic E-state index is 14.0. The molecule has 0 aliphatic rings. The molecule has 3 rings (SSSR count). The van der Waals surface area contributed by atoms with Crippen molar-refractivity contribution >= 4 is 27.5 Å². The number of hydrogen-bond donors (Lipinski definition) is 1. The van der Waals surface area contributed by atoms with Crippen molar-refractivity contribution in [2.45, 2.75) is 52.2 Å². The Morgan fingerprint density at radius 1 is 0.895 bits per heavy atom. The lowest BCUT2D eigenvalue weighted by molar-refractivity contribution is -0.140. The molecule has 2 atom stereocenters. The van der Waals surface area contributed by atoms with Crippen molar-refractivity contribution < 1.29 is 18.0 Å². The molecular weight excluding hydrogens is 498 g/mol. The Bertz CT molecular complexity index is 1310. The number of benzene rings is 3. The van der Waals surface area contributed by atoms with Gasteiger partial charge in [-0.25, -0.2) is 8.42 Å². The van der Waals surface area contributed by atoms with Gasteiger partial charge in [-0.1, -0.05) is 85.3 Å². The van der Waals surface area contributed by atoms with Crippen molar-refractivity contribution in [1.82, 2.24) is 10.2 Å². The van der Waals surface area contributed by atoms with Gasteiger partial charge in [0.05, 0.1) is 11.9 Å². The Kier molecular flexibility index (Phi) is 10.1. The molecule has 1 N–H and O–H groups in total. The van der Waals surface area contributed by atoms with Crippen LogP contribution >= 0.6 is 0 Å². The van der Waals surface area contributed by atoms with Crippen molar-refractivity contribution in [3.8, 4) is 0 Å². The zero-order valence-electron chi connectivity index (χ0n) is 22.5. The summed E-state index contributed by atoms with van der Waals surface area (Å²) in [6.07, 6.45) is 2.12. The third kappa shape index (κ3) is 8.18. The highest BCUT2D eigenvalue weighted by atomic mass is 32.2. The van der Waals surface area contributed by atoms with Gasteiger partial charge in [-0.05, 0) is 43.5 Å². The highest BCUT2D eigenvalue weighted by Gasteiger charge is 2.33. The van der Waals surface area contributed by atoms with Crippen LogP contribution in [0.4, 0.5) is 5.69 Å². The number of anilines is 1. The molecule has 0 radical (unpaired) electrons. The van der Waals surface area contributed by atoms with Crippen molar-refractivity contribution in [3.05, 3.63) is 102 Å². The quantitative estimate of drug-likeness (QED) is 0.374. The predicted octanol–water partition coefficient (Wildman–Crippen LogP) is 4.32. The van der Waals surface area contributed by atoms with Gasteiger partial charge >= 0.3 is 0 Å². The normalized spacial score (nSPS) is 12.8. The molecular formula is C30H37N3O4S. The fourth-order valence-electron chi connectivity index (χ4n) is 4.21. The van der Waals surface area contributed by atoms with Crippen LogP contribution in [0.3, 0.4) is 0 Å². The highest BCUT2D eigenvalue weighted by Crippen LogP contribution is 2.20. The van der Waals surface area contributed by atoms with Crippen LogP contribution < -0.4 is 9.62 Å². The van der Waals surface area contributed by atoms with E-state index >= 15 is 0 Å². The number of rotatable bonds is 12. The molecule has 0 aliphatic carbocycles. The standard InChI is InChI=1S/C30H37N3O4S/c1-5-24(3)31-30(35)28(20-25-14-8-6-9-15-25)32(21-26-16-12-13-23(2)19-26)29(34)22-33(38(4,36)37)27-17-10-7-11-18-27/h6-19,24,28H,5,20-22H2,1-4H3,(H,31,35)/t24-,28+/m0/s1. The van der Waals surface area contributed by atoms with Crippen LogP contribution in [-0.4, -0.2) is 50.0 Å². The lowest BCUT2D eigenvalue weighted by atomic mass is 10.0. The number of nitrogens with zero attached hydrogens (tertiary/aromatic N) is 2. The van der Waals surface area contributed by atoms with Gasteiger partial charge in [-0.2, -0.15) is 0 Å². The van der Waals surface area contributed by atoms with Crippen molar-refractivity contribution in [3.63, 3.8) is 0 Å². The Morgan fingerprint density at radius 3 is 2.08 bits per heavy atom. The molecule has 0 unspecified atom stereocenters. The van der Waals surface area contributed by atoms with E-state index in [9.17, 15) is 18.0 Å². The summed E-state index contributed by atoms with van der Waals surface area (Å²) < 4.78 is 26.6. The number of carbonyl (C=O) groups is 2. The van der Waals surface area contributed by atoms with Gasteiger partial charge in [-0.15, -0.1) is 0 Å². The molecule has 0 bridgehead atoms. The molecule has 0 saturated heterocycles. The third-order valence-electron chi connectivity index (χ3n) is 6.43. The molecule has 3 aromatic rings. The van der Waals surface area contributed by atoms with E-state index in [2.05, 4.69) is 5.32 Å². The van der Waals surface area contributed by atoms with Crippen LogP contribution in [0, 0.1) is 6.92 Å². The molecule has 0 saturated carbocycles. The minimum atomic E-state index is -3.77. The smallest absolute Gasteiger partial charge is 0.244 e. The number of para-hydroxylation sites is 1. The van der Waals surface area contributed by atoms with Crippen LogP contribution in [0.2, 0.25) is 0 Å². The topological polar surface area (TPSA) is 86.8 Å². The monoisotopic (exact) mass is 535 g/mol.